The number of piperazine rings is 1. The summed E-state index contributed by atoms with van der Waals surface area (Å²) in [5, 5.41) is 3.47. The average molecular weight is 234 g/mol. The Morgan fingerprint density at radius 1 is 1.38 bits per heavy atom. The number of nitrogens with zero attached hydrogens (tertiary/aromatic N) is 1. The summed E-state index contributed by atoms with van der Waals surface area (Å²) in [6, 6.07) is 0.277. The van der Waals surface area contributed by atoms with E-state index >= 15 is 0 Å². The number of alkyl halides is 2. The van der Waals surface area contributed by atoms with Crippen LogP contribution in [0.25, 0.3) is 0 Å². The van der Waals surface area contributed by atoms with Crippen molar-refractivity contribution in [2.75, 3.05) is 19.6 Å². The Hall–Kier alpha value is -0.220. The van der Waals surface area contributed by atoms with Crippen LogP contribution in [0.15, 0.2) is 0 Å². The van der Waals surface area contributed by atoms with E-state index in [1.54, 1.807) is 0 Å². The number of hydrogen-bond acceptors (Lipinski definition) is 2. The van der Waals surface area contributed by atoms with E-state index in [1.807, 2.05) is 18.7 Å². The summed E-state index contributed by atoms with van der Waals surface area (Å²) >= 11 is 0. The van der Waals surface area contributed by atoms with E-state index < -0.39 is 6.43 Å². The highest BCUT2D eigenvalue weighted by Crippen LogP contribution is 2.27. The van der Waals surface area contributed by atoms with Crippen LogP contribution in [-0.2, 0) is 0 Å². The zero-order chi connectivity index (χ0) is 12.6. The molecule has 0 spiro atoms. The predicted molar refractivity (Wildman–Crippen MR) is 62.9 cm³/mol. The summed E-state index contributed by atoms with van der Waals surface area (Å²) in [5.41, 5.74) is -0.0744. The third kappa shape index (κ3) is 3.39. The van der Waals surface area contributed by atoms with Gasteiger partial charge in [0.05, 0.1) is 6.54 Å². The second kappa shape index (κ2) is 4.57. The number of hydrogen-bond donors (Lipinski definition) is 1. The zero-order valence-corrected chi connectivity index (χ0v) is 11.0. The monoisotopic (exact) mass is 234 g/mol. The summed E-state index contributed by atoms with van der Waals surface area (Å²) < 4.78 is 25.0. The molecule has 1 aliphatic rings. The van der Waals surface area contributed by atoms with Gasteiger partial charge in [-0.2, -0.15) is 0 Å². The Bertz CT molecular complexity index is 234. The van der Waals surface area contributed by atoms with Crippen molar-refractivity contribution < 1.29 is 8.78 Å². The first kappa shape index (κ1) is 13.8. The van der Waals surface area contributed by atoms with Gasteiger partial charge in [0.2, 0.25) is 0 Å². The molecule has 0 aromatic rings. The summed E-state index contributed by atoms with van der Waals surface area (Å²) in [5.74, 6) is 0. The Labute approximate surface area is 97.4 Å². The molecule has 16 heavy (non-hydrogen) atoms. The molecule has 0 radical (unpaired) electrons. The van der Waals surface area contributed by atoms with Gasteiger partial charge >= 0.3 is 0 Å². The summed E-state index contributed by atoms with van der Waals surface area (Å²) in [4.78, 5) is 1.91. The molecule has 1 saturated heterocycles. The maximum Gasteiger partial charge on any atom is 0.251 e. The van der Waals surface area contributed by atoms with E-state index in [0.29, 0.717) is 6.54 Å². The van der Waals surface area contributed by atoms with Gasteiger partial charge in [0.15, 0.2) is 0 Å². The predicted octanol–water partition coefficient (Wildman–Crippen LogP) is 2.35. The molecule has 1 unspecified atom stereocenters. The topological polar surface area (TPSA) is 15.3 Å². The highest BCUT2D eigenvalue weighted by molar-refractivity contribution is 4.96. The third-order valence-corrected chi connectivity index (χ3v) is 3.44. The number of rotatable bonds is 2. The van der Waals surface area contributed by atoms with Crippen molar-refractivity contribution in [1.29, 1.82) is 0 Å². The fourth-order valence-corrected chi connectivity index (χ4v) is 2.09. The van der Waals surface area contributed by atoms with Crippen molar-refractivity contribution in [3.8, 4) is 0 Å². The first-order valence-corrected chi connectivity index (χ1v) is 5.89. The van der Waals surface area contributed by atoms with Crippen LogP contribution in [-0.4, -0.2) is 42.5 Å². The molecule has 2 nitrogen and oxygen atoms in total. The first-order chi connectivity index (χ1) is 7.13. The van der Waals surface area contributed by atoms with Crippen LogP contribution in [0, 0.1) is 5.41 Å². The minimum absolute atomic E-state index is 0.108. The van der Waals surface area contributed by atoms with Crippen LogP contribution in [0.1, 0.15) is 34.6 Å². The minimum Gasteiger partial charge on any atom is -0.310 e. The molecule has 1 atom stereocenters. The molecule has 96 valence electrons. The molecule has 1 fully saturated rings. The second-order valence-electron chi connectivity index (χ2n) is 6.41. The maximum absolute atomic E-state index is 12.5. The smallest absolute Gasteiger partial charge is 0.251 e. The Morgan fingerprint density at radius 2 is 1.94 bits per heavy atom. The fourth-order valence-electron chi connectivity index (χ4n) is 2.09. The van der Waals surface area contributed by atoms with Crippen LogP contribution in [0.2, 0.25) is 0 Å². The van der Waals surface area contributed by atoms with E-state index in [2.05, 4.69) is 26.1 Å². The van der Waals surface area contributed by atoms with Crippen LogP contribution in [0.4, 0.5) is 8.78 Å². The molecule has 0 aromatic carbocycles. The first-order valence-electron chi connectivity index (χ1n) is 5.89. The molecule has 0 bridgehead atoms. The summed E-state index contributed by atoms with van der Waals surface area (Å²) in [6.07, 6.45) is -2.25. The summed E-state index contributed by atoms with van der Waals surface area (Å²) in [7, 11) is 0. The van der Waals surface area contributed by atoms with Crippen molar-refractivity contribution in [2.45, 2.75) is 52.6 Å². The lowest BCUT2D eigenvalue weighted by Crippen LogP contribution is -2.65. The molecule has 4 heteroatoms. The van der Waals surface area contributed by atoms with Gasteiger partial charge in [-0.05, 0) is 19.3 Å². The molecule has 1 rings (SSSR count). The lowest BCUT2D eigenvalue weighted by molar-refractivity contribution is -0.00903. The second-order valence-corrected chi connectivity index (χ2v) is 6.41. The van der Waals surface area contributed by atoms with E-state index in [0.717, 1.165) is 6.54 Å². The van der Waals surface area contributed by atoms with E-state index in [1.165, 1.54) is 0 Å². The van der Waals surface area contributed by atoms with Crippen LogP contribution in [0.5, 0.6) is 0 Å². The fraction of sp³-hybridized carbons (Fsp3) is 1.00. The molecule has 0 aromatic heterocycles. The Balaban J connectivity index is 2.70. The van der Waals surface area contributed by atoms with Gasteiger partial charge in [-0.15, -0.1) is 0 Å². The lowest BCUT2D eigenvalue weighted by Gasteiger charge is -2.49. The van der Waals surface area contributed by atoms with Gasteiger partial charge in [-0.3, -0.25) is 4.90 Å². The van der Waals surface area contributed by atoms with Gasteiger partial charge in [-0.1, -0.05) is 20.8 Å². The highest BCUT2D eigenvalue weighted by atomic mass is 19.3. The molecular formula is C12H24F2N2. The average Bonchev–Trinajstić information content (AvgIpc) is 2.05. The SMILES string of the molecule is CC(C)(C)C1CN(CC(F)F)C(C)(C)CN1. The van der Waals surface area contributed by atoms with Gasteiger partial charge in [0.1, 0.15) is 0 Å². The van der Waals surface area contributed by atoms with Gasteiger partial charge in [-0.25, -0.2) is 8.78 Å². The molecule has 0 aliphatic carbocycles. The Kier molecular flexibility index (Phi) is 3.95. The van der Waals surface area contributed by atoms with Gasteiger partial charge in [0, 0.05) is 24.7 Å². The standard InChI is InChI=1S/C12H24F2N2/c1-11(2,3)9-6-16(7-10(13)14)12(4,5)8-15-9/h9-10,15H,6-8H2,1-5H3. The van der Waals surface area contributed by atoms with Crippen molar-refractivity contribution in [3.05, 3.63) is 0 Å². The number of halogens is 2. The number of nitrogens with one attached hydrogen (secondary N) is 1. The van der Waals surface area contributed by atoms with Crippen LogP contribution in [0.3, 0.4) is 0 Å². The largest absolute Gasteiger partial charge is 0.310 e. The molecule has 1 aliphatic heterocycles. The van der Waals surface area contributed by atoms with Crippen molar-refractivity contribution in [1.82, 2.24) is 10.2 Å². The normalized spacial score (nSPS) is 27.4. The third-order valence-electron chi connectivity index (χ3n) is 3.44. The van der Waals surface area contributed by atoms with E-state index in [9.17, 15) is 8.78 Å². The quantitative estimate of drug-likeness (QED) is 0.789. The molecule has 0 amide bonds. The van der Waals surface area contributed by atoms with Gasteiger partial charge in [0.25, 0.3) is 6.43 Å². The molecule has 0 saturated carbocycles. The Morgan fingerprint density at radius 3 is 2.38 bits per heavy atom. The van der Waals surface area contributed by atoms with Gasteiger partial charge < -0.3 is 5.32 Å². The maximum atomic E-state index is 12.5. The van der Waals surface area contributed by atoms with E-state index in [-0.39, 0.29) is 23.5 Å². The van der Waals surface area contributed by atoms with Crippen molar-refractivity contribution in [2.24, 2.45) is 5.41 Å². The molecular weight excluding hydrogens is 210 g/mol. The van der Waals surface area contributed by atoms with Crippen LogP contribution < -0.4 is 5.32 Å². The van der Waals surface area contributed by atoms with Crippen LogP contribution >= 0.6 is 0 Å². The molecule has 1 heterocycles. The zero-order valence-electron chi connectivity index (χ0n) is 11.0. The van der Waals surface area contributed by atoms with Crippen molar-refractivity contribution in [3.63, 3.8) is 0 Å². The highest BCUT2D eigenvalue weighted by Gasteiger charge is 2.38. The summed E-state index contributed by atoms with van der Waals surface area (Å²) in [6.45, 7) is 11.8. The minimum atomic E-state index is -2.25. The lowest BCUT2D eigenvalue weighted by atomic mass is 9.83. The molecule has 1 N–H and O–H groups in total. The van der Waals surface area contributed by atoms with Crippen molar-refractivity contribution >= 4 is 0 Å². The van der Waals surface area contributed by atoms with E-state index in [4.69, 9.17) is 0 Å².